The van der Waals surface area contributed by atoms with E-state index in [0.29, 0.717) is 35.8 Å². The minimum atomic E-state index is -4.56. The third kappa shape index (κ3) is 10.5. The first-order chi connectivity index (χ1) is 32.0. The Bertz CT molecular complexity index is 2710. The van der Waals surface area contributed by atoms with Crippen molar-refractivity contribution in [3.05, 3.63) is 123 Å². The molecule has 9 rings (SSSR count). The number of pyridine rings is 1. The molecule has 3 atom stereocenters. The second-order valence-electron chi connectivity index (χ2n) is 20.8. The van der Waals surface area contributed by atoms with Crippen LogP contribution in [0.3, 0.4) is 0 Å². The first-order valence-electron chi connectivity index (χ1n) is 24.2. The van der Waals surface area contributed by atoms with Crippen molar-refractivity contribution in [3.63, 3.8) is 0 Å². The van der Waals surface area contributed by atoms with Gasteiger partial charge in [0, 0.05) is 42.3 Å². The number of ether oxygens (including phenoxy) is 2. The monoisotopic (exact) mass is 947 g/mol. The predicted molar refractivity (Wildman–Crippen MR) is 262 cm³/mol. The van der Waals surface area contributed by atoms with Crippen LogP contribution in [0.4, 0.5) is 5.69 Å². The number of benzene rings is 2. The Morgan fingerprint density at radius 2 is 1.75 bits per heavy atom. The molecule has 67 heavy (non-hydrogen) atoms. The molecule has 13 nitrogen and oxygen atoms in total. The molecule has 1 amide bonds. The number of nitrogens with one attached hydrogen (secondary N) is 2. The third-order valence-electron chi connectivity index (χ3n) is 15.3. The SMILES string of the molecule is CC(C)(C)[Si](C)(C)OC1CCC(COc2ccc(S(=O)(=O)NC(=O)C3=CC=C(C4=CCC(N5CCC[C@H]5c5ccccc5C5CC5)CC4)CC3Oc3cnc4[nH]ccc4c3)cc2[N+](=O)[O-])CC1. The van der Waals surface area contributed by atoms with Crippen LogP contribution < -0.4 is 14.2 Å². The number of H-pyrrole nitrogens is 1. The van der Waals surface area contributed by atoms with Gasteiger partial charge in [0.15, 0.2) is 14.1 Å². The summed E-state index contributed by atoms with van der Waals surface area (Å²) >= 11 is 0. The molecule has 1 saturated heterocycles. The third-order valence-corrected chi connectivity index (χ3v) is 21.1. The van der Waals surface area contributed by atoms with Gasteiger partial charge in [0.2, 0.25) is 0 Å². The number of allylic oxidation sites excluding steroid dienone is 3. The van der Waals surface area contributed by atoms with Gasteiger partial charge >= 0.3 is 5.69 Å². The Hall–Kier alpha value is -5.09. The highest BCUT2D eigenvalue weighted by Crippen LogP contribution is 2.47. The van der Waals surface area contributed by atoms with Gasteiger partial charge in [-0.05, 0) is 160 Å². The van der Waals surface area contributed by atoms with Crippen LogP contribution in [0, 0.1) is 16.0 Å². The van der Waals surface area contributed by atoms with E-state index in [1.165, 1.54) is 54.5 Å². The summed E-state index contributed by atoms with van der Waals surface area (Å²) in [4.78, 5) is 35.6. The van der Waals surface area contributed by atoms with E-state index in [2.05, 4.69) is 83.8 Å². The summed E-state index contributed by atoms with van der Waals surface area (Å²) in [7, 11) is -6.46. The number of carbonyl (C=O) groups is 1. The summed E-state index contributed by atoms with van der Waals surface area (Å²) in [5.41, 5.74) is 5.60. The molecule has 4 aromatic rings. The Labute approximate surface area is 395 Å². The number of rotatable bonds is 15. The van der Waals surface area contributed by atoms with Gasteiger partial charge in [-0.1, -0.05) is 57.2 Å². The van der Waals surface area contributed by atoms with Crippen LogP contribution in [0.2, 0.25) is 18.1 Å². The van der Waals surface area contributed by atoms with E-state index in [9.17, 15) is 23.3 Å². The maximum atomic E-state index is 14.1. The number of aromatic nitrogens is 2. The second-order valence-corrected chi connectivity index (χ2v) is 27.3. The van der Waals surface area contributed by atoms with Gasteiger partial charge in [0.1, 0.15) is 17.5 Å². The van der Waals surface area contributed by atoms with Crippen LogP contribution in [0.25, 0.3) is 11.0 Å². The van der Waals surface area contributed by atoms with Crippen molar-refractivity contribution in [1.82, 2.24) is 19.6 Å². The molecule has 2 saturated carbocycles. The maximum Gasteiger partial charge on any atom is 0.312 e. The lowest BCUT2D eigenvalue weighted by molar-refractivity contribution is -0.386. The van der Waals surface area contributed by atoms with Crippen LogP contribution >= 0.6 is 0 Å². The highest BCUT2D eigenvalue weighted by atomic mass is 32.2. The van der Waals surface area contributed by atoms with Gasteiger partial charge in [-0.3, -0.25) is 19.8 Å². The van der Waals surface area contributed by atoms with Gasteiger partial charge in [-0.25, -0.2) is 18.1 Å². The van der Waals surface area contributed by atoms with E-state index < -0.39 is 45.9 Å². The van der Waals surface area contributed by atoms with Crippen molar-refractivity contribution < 1.29 is 32.0 Å². The standard InChI is InChI=1S/C52H65N5O8SSi/c1-52(2,3)67(4,5)65-40-21-12-34(13-22-40)33-63-48-25-23-42(31-47(48)57(59)60)66(61,62)55-51(58)45-24-18-37(30-49(45)64-41-29-38-26-27-53-50(38)54-32-41)35-16-19-39(20-17-35)56-28-8-11-46(56)44-10-7-6-9-43(44)36-14-15-36/h6-7,9-10,16,18,23-27,29,31-32,34,36,39-40,46,49H,8,11-15,17,19-22,28,30,33H2,1-5H3,(H,53,54)(H,55,58)/t34?,39?,40?,46-,49?/m0/s1. The molecule has 3 fully saturated rings. The first kappa shape index (κ1) is 47.0. The van der Waals surface area contributed by atoms with Crippen molar-refractivity contribution in [2.24, 2.45) is 5.92 Å². The number of likely N-dealkylation sites (tertiary alicyclic amines) is 1. The molecule has 2 aromatic carbocycles. The number of hydrogen-bond acceptors (Lipinski definition) is 10. The molecule has 0 bridgehead atoms. The average Bonchev–Trinajstić information content (AvgIpc) is 3.84. The number of amides is 1. The molecule has 356 valence electrons. The van der Waals surface area contributed by atoms with E-state index in [0.717, 1.165) is 68.5 Å². The number of carbonyl (C=O) groups excluding carboxylic acids is 1. The average molecular weight is 948 g/mol. The number of hydrogen-bond donors (Lipinski definition) is 2. The molecule has 15 heteroatoms. The molecule has 0 radical (unpaired) electrons. The summed E-state index contributed by atoms with van der Waals surface area (Å²) in [5.74, 6) is 0.425. The number of sulfonamides is 1. The van der Waals surface area contributed by atoms with Crippen LogP contribution in [0.5, 0.6) is 11.5 Å². The van der Waals surface area contributed by atoms with Gasteiger partial charge in [-0.15, -0.1) is 0 Å². The summed E-state index contributed by atoms with van der Waals surface area (Å²) in [6.45, 7) is 12.6. The van der Waals surface area contributed by atoms with Crippen molar-refractivity contribution >= 4 is 41.0 Å². The zero-order valence-corrected chi connectivity index (χ0v) is 41.3. The van der Waals surface area contributed by atoms with Crippen molar-refractivity contribution in [1.29, 1.82) is 0 Å². The fraction of sp³-hybridized carbons (Fsp3) is 0.500. The summed E-state index contributed by atoms with van der Waals surface area (Å²) in [6.07, 6.45) is 20.2. The van der Waals surface area contributed by atoms with E-state index in [1.54, 1.807) is 18.5 Å². The lowest BCUT2D eigenvalue weighted by atomic mass is 9.83. The smallest absolute Gasteiger partial charge is 0.312 e. The number of aromatic amines is 1. The Kier molecular flexibility index (Phi) is 13.4. The van der Waals surface area contributed by atoms with Gasteiger partial charge in [0.25, 0.3) is 15.9 Å². The summed E-state index contributed by atoms with van der Waals surface area (Å²) in [6, 6.07) is 17.1. The van der Waals surface area contributed by atoms with Crippen LogP contribution in [-0.4, -0.2) is 73.8 Å². The van der Waals surface area contributed by atoms with E-state index in [1.807, 2.05) is 18.2 Å². The highest BCUT2D eigenvalue weighted by Gasteiger charge is 2.41. The molecular weight excluding hydrogens is 883 g/mol. The minimum absolute atomic E-state index is 0.0217. The normalized spacial score (nSPS) is 24.1. The van der Waals surface area contributed by atoms with Gasteiger partial charge < -0.3 is 18.9 Å². The van der Waals surface area contributed by atoms with Gasteiger partial charge in [0.05, 0.1) is 28.2 Å². The predicted octanol–water partition coefficient (Wildman–Crippen LogP) is 11.1. The van der Waals surface area contributed by atoms with Crippen LogP contribution in [-0.2, 0) is 19.2 Å². The highest BCUT2D eigenvalue weighted by molar-refractivity contribution is 7.90. The topological polar surface area (TPSA) is 166 Å². The maximum absolute atomic E-state index is 14.1. The molecule has 0 spiro atoms. The molecule has 2 aromatic heterocycles. The van der Waals surface area contributed by atoms with Gasteiger partial charge in [-0.2, -0.15) is 0 Å². The first-order valence-corrected chi connectivity index (χ1v) is 28.6. The zero-order valence-electron chi connectivity index (χ0n) is 39.5. The fourth-order valence-corrected chi connectivity index (χ4v) is 12.7. The quantitative estimate of drug-likeness (QED) is 0.0665. The fourth-order valence-electron chi connectivity index (χ4n) is 10.3. The lowest BCUT2D eigenvalue weighted by Crippen LogP contribution is -2.44. The van der Waals surface area contributed by atoms with Crippen molar-refractivity contribution in [2.45, 2.75) is 151 Å². The largest absolute Gasteiger partial charge is 0.487 e. The Morgan fingerprint density at radius 1 is 0.970 bits per heavy atom. The number of nitro benzene ring substituents is 1. The summed E-state index contributed by atoms with van der Waals surface area (Å²) < 4.78 is 49.0. The molecule has 5 aliphatic rings. The lowest BCUT2D eigenvalue weighted by Gasteiger charge is -2.41. The second kappa shape index (κ2) is 19.1. The Balaban J connectivity index is 0.885. The van der Waals surface area contributed by atoms with Crippen molar-refractivity contribution in [2.75, 3.05) is 13.2 Å². The van der Waals surface area contributed by atoms with E-state index in [4.69, 9.17) is 13.9 Å². The van der Waals surface area contributed by atoms with Crippen molar-refractivity contribution in [3.8, 4) is 11.5 Å². The molecule has 4 aliphatic carbocycles. The molecular formula is C52H65N5O8SSi. The number of nitro groups is 1. The molecule has 2 unspecified atom stereocenters. The number of nitrogens with zero attached hydrogens (tertiary/aromatic N) is 3. The van der Waals surface area contributed by atoms with Crippen LogP contribution in [0.1, 0.15) is 121 Å². The van der Waals surface area contributed by atoms with Crippen LogP contribution in [0.15, 0.2) is 107 Å². The molecule has 1 aliphatic heterocycles. The van der Waals surface area contributed by atoms with E-state index >= 15 is 0 Å². The number of fused-ring (bicyclic) bond motifs is 1. The minimum Gasteiger partial charge on any atom is -0.487 e. The van der Waals surface area contributed by atoms with E-state index in [-0.39, 0.29) is 35.0 Å². The Morgan fingerprint density at radius 3 is 2.46 bits per heavy atom. The molecule has 2 N–H and O–H groups in total. The molecule has 3 heterocycles. The summed E-state index contributed by atoms with van der Waals surface area (Å²) in [5, 5.41) is 13.2. The zero-order chi connectivity index (χ0) is 47.1.